The van der Waals surface area contributed by atoms with Gasteiger partial charge in [-0.05, 0) is 38.1 Å². The molecule has 2 aromatic heterocycles. The molecule has 0 amide bonds. The van der Waals surface area contributed by atoms with Crippen molar-refractivity contribution >= 4 is 55.8 Å². The zero-order valence-corrected chi connectivity index (χ0v) is 15.3. The first-order valence-corrected chi connectivity index (χ1v) is 9.28. The van der Waals surface area contributed by atoms with Gasteiger partial charge in [-0.15, -0.1) is 0 Å². The molecule has 27 heavy (non-hydrogen) atoms. The molecule has 0 aliphatic carbocycles. The lowest BCUT2D eigenvalue weighted by molar-refractivity contribution is 0.630. The molecular formula is C19H14FN5OS. The van der Waals surface area contributed by atoms with Gasteiger partial charge >= 0.3 is 0 Å². The van der Waals surface area contributed by atoms with E-state index in [-0.39, 0.29) is 16.6 Å². The van der Waals surface area contributed by atoms with Gasteiger partial charge in [-0.3, -0.25) is 4.79 Å². The Hall–Kier alpha value is -3.00. The summed E-state index contributed by atoms with van der Waals surface area (Å²) in [7, 11) is 0. The Morgan fingerprint density at radius 1 is 1.07 bits per heavy atom. The third kappa shape index (κ3) is 2.40. The molecule has 0 saturated heterocycles. The van der Waals surface area contributed by atoms with Crippen LogP contribution in [0.15, 0.2) is 50.6 Å². The molecule has 1 aliphatic rings. The van der Waals surface area contributed by atoms with Gasteiger partial charge in [0.1, 0.15) is 5.82 Å². The van der Waals surface area contributed by atoms with E-state index in [4.69, 9.17) is 4.98 Å². The Morgan fingerprint density at radius 2 is 1.85 bits per heavy atom. The standard InChI is InChI=1S/C19H14FN5OS/c1-8-17(9(2)25-24-8)27-19-22-15-11-4-3-10(20)7-13(11)14-12(16(15)23-19)5-6-21-18(14)26/h3-7,17H,1-2H3,(H,21,26)(H,22,23). The third-order valence-corrected chi connectivity index (χ3v) is 6.11. The van der Waals surface area contributed by atoms with E-state index in [0.29, 0.717) is 26.8 Å². The molecule has 0 unspecified atom stereocenters. The van der Waals surface area contributed by atoms with Crippen molar-refractivity contribution in [3.63, 3.8) is 0 Å². The van der Waals surface area contributed by atoms with Crippen molar-refractivity contribution in [3.05, 3.63) is 46.6 Å². The third-order valence-electron chi connectivity index (χ3n) is 4.77. The number of nitrogens with zero attached hydrogens (tertiary/aromatic N) is 3. The molecule has 0 atom stereocenters. The van der Waals surface area contributed by atoms with Crippen LogP contribution in [0.2, 0.25) is 0 Å². The summed E-state index contributed by atoms with van der Waals surface area (Å²) >= 11 is 1.53. The van der Waals surface area contributed by atoms with Crippen LogP contribution < -0.4 is 5.56 Å². The minimum atomic E-state index is -0.384. The first-order valence-electron chi connectivity index (χ1n) is 8.40. The molecule has 4 aromatic rings. The first-order chi connectivity index (χ1) is 13.0. The number of imidazole rings is 1. The van der Waals surface area contributed by atoms with Gasteiger partial charge in [0.2, 0.25) is 0 Å². The number of fused-ring (bicyclic) bond motifs is 6. The maximum Gasteiger partial charge on any atom is 0.256 e. The number of benzene rings is 2. The summed E-state index contributed by atoms with van der Waals surface area (Å²) in [6.07, 6.45) is 1.58. The van der Waals surface area contributed by atoms with Gasteiger partial charge in [-0.25, -0.2) is 9.37 Å². The van der Waals surface area contributed by atoms with Crippen molar-refractivity contribution < 1.29 is 4.39 Å². The topological polar surface area (TPSA) is 86.3 Å². The maximum absolute atomic E-state index is 13.9. The molecule has 6 nitrogen and oxygen atoms in total. The van der Waals surface area contributed by atoms with Gasteiger partial charge in [-0.1, -0.05) is 11.8 Å². The Kier molecular flexibility index (Phi) is 3.45. The predicted octanol–water partition coefficient (Wildman–Crippen LogP) is 4.01. The molecule has 2 N–H and O–H groups in total. The van der Waals surface area contributed by atoms with Gasteiger partial charge in [-0.2, -0.15) is 10.2 Å². The Bertz CT molecular complexity index is 1350. The monoisotopic (exact) mass is 379 g/mol. The first kappa shape index (κ1) is 16.2. The molecule has 1 aliphatic heterocycles. The SMILES string of the molecule is CC1=NN=C(C)C1Sc1nc2c3cc[nH]c(=O)c3c3cc(F)ccc3c2[nH]1. The highest BCUT2D eigenvalue weighted by Gasteiger charge is 2.24. The molecule has 0 saturated carbocycles. The van der Waals surface area contributed by atoms with Gasteiger partial charge < -0.3 is 9.97 Å². The second-order valence-electron chi connectivity index (χ2n) is 6.53. The van der Waals surface area contributed by atoms with Crippen LogP contribution in [-0.4, -0.2) is 31.6 Å². The van der Waals surface area contributed by atoms with E-state index < -0.39 is 0 Å². The van der Waals surface area contributed by atoms with Crippen molar-refractivity contribution in [2.45, 2.75) is 24.3 Å². The summed E-state index contributed by atoms with van der Waals surface area (Å²) in [5, 5.41) is 11.5. The van der Waals surface area contributed by atoms with E-state index in [9.17, 15) is 9.18 Å². The van der Waals surface area contributed by atoms with Crippen LogP contribution in [0.1, 0.15) is 13.8 Å². The summed E-state index contributed by atoms with van der Waals surface area (Å²) in [6, 6.07) is 6.27. The highest BCUT2D eigenvalue weighted by Crippen LogP contribution is 2.35. The van der Waals surface area contributed by atoms with Crippen molar-refractivity contribution in [1.82, 2.24) is 15.0 Å². The van der Waals surface area contributed by atoms with E-state index in [1.54, 1.807) is 18.3 Å². The predicted molar refractivity (Wildman–Crippen MR) is 108 cm³/mol. The number of aromatic amines is 2. The molecule has 0 radical (unpaired) electrons. The second-order valence-corrected chi connectivity index (χ2v) is 7.63. The van der Waals surface area contributed by atoms with E-state index in [2.05, 4.69) is 20.2 Å². The van der Waals surface area contributed by atoms with Crippen molar-refractivity contribution in [2.75, 3.05) is 0 Å². The number of aromatic nitrogens is 3. The van der Waals surface area contributed by atoms with Crippen molar-refractivity contribution in [2.24, 2.45) is 10.2 Å². The molecule has 0 spiro atoms. The van der Waals surface area contributed by atoms with E-state index in [1.165, 1.54) is 23.9 Å². The number of thioether (sulfide) groups is 1. The summed E-state index contributed by atoms with van der Waals surface area (Å²) < 4.78 is 13.9. The van der Waals surface area contributed by atoms with Crippen molar-refractivity contribution in [1.29, 1.82) is 0 Å². The van der Waals surface area contributed by atoms with Crippen LogP contribution in [-0.2, 0) is 0 Å². The molecule has 0 fully saturated rings. The zero-order valence-electron chi connectivity index (χ0n) is 14.5. The summed E-state index contributed by atoms with van der Waals surface area (Å²) in [5.41, 5.74) is 3.06. The molecule has 5 rings (SSSR count). The summed E-state index contributed by atoms with van der Waals surface area (Å²) in [5.74, 6) is -0.384. The second kappa shape index (κ2) is 5.75. The minimum absolute atomic E-state index is 0.0314. The summed E-state index contributed by atoms with van der Waals surface area (Å²) in [6.45, 7) is 3.88. The number of halogens is 1. The molecule has 134 valence electrons. The van der Waals surface area contributed by atoms with Crippen LogP contribution in [0.4, 0.5) is 4.39 Å². The average Bonchev–Trinajstić information content (AvgIpc) is 3.20. The van der Waals surface area contributed by atoms with E-state index in [0.717, 1.165) is 22.3 Å². The number of rotatable bonds is 2. The number of pyridine rings is 1. The Labute approximate surface area is 156 Å². The fourth-order valence-corrected chi connectivity index (χ4v) is 4.49. The van der Waals surface area contributed by atoms with Crippen LogP contribution >= 0.6 is 11.8 Å². The lowest BCUT2D eigenvalue weighted by Gasteiger charge is -2.07. The molecule has 0 bridgehead atoms. The Balaban J connectivity index is 1.82. The molecule has 2 aromatic carbocycles. The molecule has 8 heteroatoms. The number of nitrogens with one attached hydrogen (secondary N) is 2. The van der Waals surface area contributed by atoms with Crippen LogP contribution in [0.25, 0.3) is 32.6 Å². The Morgan fingerprint density at radius 3 is 2.63 bits per heavy atom. The lowest BCUT2D eigenvalue weighted by Crippen LogP contribution is -2.18. The van der Waals surface area contributed by atoms with Gasteiger partial charge in [0.15, 0.2) is 5.16 Å². The van der Waals surface area contributed by atoms with Gasteiger partial charge in [0.25, 0.3) is 5.56 Å². The fraction of sp³-hybridized carbons (Fsp3) is 0.158. The van der Waals surface area contributed by atoms with Gasteiger partial charge in [0.05, 0.1) is 33.1 Å². The number of hydrogen-bond acceptors (Lipinski definition) is 5. The average molecular weight is 379 g/mol. The number of hydrogen-bond donors (Lipinski definition) is 2. The number of H-pyrrole nitrogens is 2. The maximum atomic E-state index is 13.9. The van der Waals surface area contributed by atoms with Crippen LogP contribution in [0.5, 0.6) is 0 Å². The highest BCUT2D eigenvalue weighted by molar-refractivity contribution is 8.01. The van der Waals surface area contributed by atoms with E-state index >= 15 is 0 Å². The largest absolute Gasteiger partial charge is 0.332 e. The lowest BCUT2D eigenvalue weighted by atomic mass is 10.0. The van der Waals surface area contributed by atoms with Crippen LogP contribution in [0.3, 0.4) is 0 Å². The summed E-state index contributed by atoms with van der Waals surface area (Å²) in [4.78, 5) is 23.2. The fourth-order valence-electron chi connectivity index (χ4n) is 3.53. The highest BCUT2D eigenvalue weighted by atomic mass is 32.2. The molecule has 3 heterocycles. The van der Waals surface area contributed by atoms with Gasteiger partial charge in [0, 0.05) is 22.4 Å². The molecular weight excluding hydrogens is 365 g/mol. The normalized spacial score (nSPS) is 15.1. The quantitative estimate of drug-likeness (QED) is 0.516. The van der Waals surface area contributed by atoms with E-state index in [1.807, 2.05) is 13.8 Å². The van der Waals surface area contributed by atoms with Crippen molar-refractivity contribution in [3.8, 4) is 0 Å². The minimum Gasteiger partial charge on any atom is -0.332 e. The zero-order chi connectivity index (χ0) is 18.7. The van der Waals surface area contributed by atoms with Crippen LogP contribution in [0, 0.1) is 5.82 Å². The smallest absolute Gasteiger partial charge is 0.256 e.